The van der Waals surface area contributed by atoms with Crippen molar-refractivity contribution in [1.29, 1.82) is 0 Å². The predicted octanol–water partition coefficient (Wildman–Crippen LogP) is 2.99. The zero-order valence-corrected chi connectivity index (χ0v) is 11.5. The van der Waals surface area contributed by atoms with Crippen molar-refractivity contribution in [2.45, 2.75) is 19.4 Å². The van der Waals surface area contributed by atoms with Gasteiger partial charge in [-0.2, -0.15) is 0 Å². The molecule has 0 saturated heterocycles. The molecule has 2 rings (SSSR count). The minimum absolute atomic E-state index is 0.186. The standard InChI is InChI=1S/C16H18O4/c1-10(16(18)19)9-14(17)12-7-8-15(20-2)13-6-4-3-5-11(12)13/h3-8,10,14,17H,9H2,1-2H3,(H,18,19). The van der Waals surface area contributed by atoms with Crippen LogP contribution in [0.25, 0.3) is 10.8 Å². The van der Waals surface area contributed by atoms with Crippen molar-refractivity contribution in [2.24, 2.45) is 5.92 Å². The predicted molar refractivity (Wildman–Crippen MR) is 76.9 cm³/mol. The van der Waals surface area contributed by atoms with E-state index in [1.807, 2.05) is 24.3 Å². The number of aliphatic carboxylic acids is 1. The number of carbonyl (C=O) groups is 1. The van der Waals surface area contributed by atoms with E-state index >= 15 is 0 Å². The molecule has 2 aromatic carbocycles. The van der Waals surface area contributed by atoms with Crippen molar-refractivity contribution in [3.05, 3.63) is 42.0 Å². The molecule has 0 heterocycles. The molecule has 0 spiro atoms. The Balaban J connectivity index is 2.42. The van der Waals surface area contributed by atoms with Crippen molar-refractivity contribution in [1.82, 2.24) is 0 Å². The topological polar surface area (TPSA) is 66.8 Å². The highest BCUT2D eigenvalue weighted by molar-refractivity contribution is 5.91. The number of fused-ring (bicyclic) bond motifs is 1. The molecular weight excluding hydrogens is 256 g/mol. The molecule has 0 bridgehead atoms. The molecule has 0 aliphatic heterocycles. The van der Waals surface area contributed by atoms with Gasteiger partial charge in [0.1, 0.15) is 5.75 Å². The smallest absolute Gasteiger partial charge is 0.306 e. The third-order valence-electron chi connectivity index (χ3n) is 3.50. The Bertz CT molecular complexity index is 621. The second-order valence-corrected chi connectivity index (χ2v) is 4.89. The van der Waals surface area contributed by atoms with Crippen molar-refractivity contribution in [3.8, 4) is 5.75 Å². The van der Waals surface area contributed by atoms with Gasteiger partial charge in [-0.15, -0.1) is 0 Å². The minimum Gasteiger partial charge on any atom is -0.496 e. The third kappa shape index (κ3) is 2.75. The summed E-state index contributed by atoms with van der Waals surface area (Å²) in [5, 5.41) is 21.0. The van der Waals surface area contributed by atoms with Crippen molar-refractivity contribution in [2.75, 3.05) is 7.11 Å². The van der Waals surface area contributed by atoms with Gasteiger partial charge >= 0.3 is 5.97 Å². The van der Waals surface area contributed by atoms with Crippen LogP contribution in [0, 0.1) is 5.92 Å². The number of carboxylic acid groups (broad SMARTS) is 1. The highest BCUT2D eigenvalue weighted by atomic mass is 16.5. The fraction of sp³-hybridized carbons (Fsp3) is 0.312. The molecular formula is C16H18O4. The molecule has 20 heavy (non-hydrogen) atoms. The Kier molecular flexibility index (Phi) is 4.25. The number of ether oxygens (including phenoxy) is 1. The molecule has 2 atom stereocenters. The van der Waals surface area contributed by atoms with Gasteiger partial charge in [-0.1, -0.05) is 37.3 Å². The van der Waals surface area contributed by atoms with E-state index in [-0.39, 0.29) is 6.42 Å². The van der Waals surface area contributed by atoms with E-state index in [0.29, 0.717) is 0 Å². The number of benzene rings is 2. The molecule has 4 heteroatoms. The zero-order valence-electron chi connectivity index (χ0n) is 11.5. The third-order valence-corrected chi connectivity index (χ3v) is 3.50. The summed E-state index contributed by atoms with van der Waals surface area (Å²) in [6.07, 6.45) is -0.622. The summed E-state index contributed by atoms with van der Waals surface area (Å²) in [7, 11) is 1.60. The number of rotatable bonds is 5. The van der Waals surface area contributed by atoms with E-state index in [2.05, 4.69) is 0 Å². The van der Waals surface area contributed by atoms with E-state index in [1.54, 1.807) is 26.2 Å². The average molecular weight is 274 g/mol. The first-order valence-electron chi connectivity index (χ1n) is 6.51. The van der Waals surface area contributed by atoms with Crippen LogP contribution in [0.3, 0.4) is 0 Å². The van der Waals surface area contributed by atoms with Crippen LogP contribution in [0.5, 0.6) is 5.75 Å². The normalized spacial score (nSPS) is 13.9. The van der Waals surface area contributed by atoms with E-state index in [0.717, 1.165) is 22.1 Å². The first-order chi connectivity index (χ1) is 9.54. The van der Waals surface area contributed by atoms with Crippen LogP contribution in [0.2, 0.25) is 0 Å². The molecule has 0 fully saturated rings. The molecule has 0 saturated carbocycles. The fourth-order valence-electron chi connectivity index (χ4n) is 2.33. The number of aliphatic hydroxyl groups is 1. The van der Waals surface area contributed by atoms with E-state index in [1.165, 1.54) is 0 Å². The zero-order chi connectivity index (χ0) is 14.7. The number of methoxy groups -OCH3 is 1. The average Bonchev–Trinajstić information content (AvgIpc) is 2.45. The van der Waals surface area contributed by atoms with Crippen LogP contribution in [0.4, 0.5) is 0 Å². The van der Waals surface area contributed by atoms with Crippen LogP contribution in [-0.2, 0) is 4.79 Å². The van der Waals surface area contributed by atoms with Gasteiger partial charge in [0.05, 0.1) is 19.1 Å². The van der Waals surface area contributed by atoms with Crippen LogP contribution < -0.4 is 4.74 Å². The first kappa shape index (κ1) is 14.3. The quantitative estimate of drug-likeness (QED) is 0.879. The lowest BCUT2D eigenvalue weighted by Crippen LogP contribution is -2.13. The second kappa shape index (κ2) is 5.92. The largest absolute Gasteiger partial charge is 0.496 e. The van der Waals surface area contributed by atoms with Crippen LogP contribution in [-0.4, -0.2) is 23.3 Å². The molecule has 0 radical (unpaired) electrons. The van der Waals surface area contributed by atoms with Crippen molar-refractivity contribution < 1.29 is 19.7 Å². The Labute approximate surface area is 117 Å². The van der Waals surface area contributed by atoms with Gasteiger partial charge < -0.3 is 14.9 Å². The van der Waals surface area contributed by atoms with E-state index < -0.39 is 18.0 Å². The van der Waals surface area contributed by atoms with Crippen LogP contribution in [0.1, 0.15) is 25.0 Å². The molecule has 106 valence electrons. The lowest BCUT2D eigenvalue weighted by molar-refractivity contribution is -0.142. The van der Waals surface area contributed by atoms with Gasteiger partial charge in [-0.3, -0.25) is 4.79 Å². The molecule has 0 aliphatic rings. The van der Waals surface area contributed by atoms with Gasteiger partial charge in [-0.05, 0) is 23.4 Å². The minimum atomic E-state index is -0.901. The molecule has 2 N–H and O–H groups in total. The van der Waals surface area contributed by atoms with E-state index in [9.17, 15) is 9.90 Å². The maximum absolute atomic E-state index is 10.9. The fourth-order valence-corrected chi connectivity index (χ4v) is 2.33. The maximum Gasteiger partial charge on any atom is 0.306 e. The van der Waals surface area contributed by atoms with Gasteiger partial charge in [0, 0.05) is 5.39 Å². The lowest BCUT2D eigenvalue weighted by atomic mass is 9.94. The molecule has 0 aromatic heterocycles. The van der Waals surface area contributed by atoms with Crippen LogP contribution >= 0.6 is 0 Å². The van der Waals surface area contributed by atoms with Gasteiger partial charge in [-0.25, -0.2) is 0 Å². The number of aliphatic hydroxyl groups excluding tert-OH is 1. The number of hydrogen-bond acceptors (Lipinski definition) is 3. The van der Waals surface area contributed by atoms with Gasteiger partial charge in [0.15, 0.2) is 0 Å². The Morgan fingerprint density at radius 3 is 2.45 bits per heavy atom. The van der Waals surface area contributed by atoms with Gasteiger partial charge in [0.2, 0.25) is 0 Å². The van der Waals surface area contributed by atoms with Crippen LogP contribution in [0.15, 0.2) is 36.4 Å². The summed E-state index contributed by atoms with van der Waals surface area (Å²) in [4.78, 5) is 10.9. The highest BCUT2D eigenvalue weighted by Gasteiger charge is 2.20. The number of carboxylic acids is 1. The second-order valence-electron chi connectivity index (χ2n) is 4.89. The summed E-state index contributed by atoms with van der Waals surface area (Å²) >= 11 is 0. The Morgan fingerprint density at radius 1 is 1.20 bits per heavy atom. The monoisotopic (exact) mass is 274 g/mol. The summed E-state index contributed by atoms with van der Waals surface area (Å²) in [5.74, 6) is -0.754. The lowest BCUT2D eigenvalue weighted by Gasteiger charge is -2.17. The molecule has 2 unspecified atom stereocenters. The Morgan fingerprint density at radius 2 is 1.85 bits per heavy atom. The van der Waals surface area contributed by atoms with Gasteiger partial charge in [0.25, 0.3) is 0 Å². The first-order valence-corrected chi connectivity index (χ1v) is 6.51. The van der Waals surface area contributed by atoms with Crippen molar-refractivity contribution in [3.63, 3.8) is 0 Å². The maximum atomic E-state index is 10.9. The summed E-state index contributed by atoms with van der Waals surface area (Å²) in [5.41, 5.74) is 0.731. The Hall–Kier alpha value is -2.07. The molecule has 4 nitrogen and oxygen atoms in total. The highest BCUT2D eigenvalue weighted by Crippen LogP contribution is 2.33. The van der Waals surface area contributed by atoms with E-state index in [4.69, 9.17) is 9.84 Å². The molecule has 0 amide bonds. The van der Waals surface area contributed by atoms with Crippen molar-refractivity contribution >= 4 is 16.7 Å². The number of hydrogen-bond donors (Lipinski definition) is 2. The SMILES string of the molecule is COc1ccc(C(O)CC(C)C(=O)O)c2ccccc12. The summed E-state index contributed by atoms with van der Waals surface area (Å²) < 4.78 is 5.31. The molecule has 0 aliphatic carbocycles. The summed E-state index contributed by atoms with van der Waals surface area (Å²) in [6, 6.07) is 11.2. The molecule has 2 aromatic rings. The summed E-state index contributed by atoms with van der Waals surface area (Å²) in [6.45, 7) is 1.59.